The largest absolute Gasteiger partial charge is 0.368 e. The normalized spacial score (nSPS) is 26.1. The number of amides is 1. The van der Waals surface area contributed by atoms with Crippen molar-refractivity contribution in [3.05, 3.63) is 30.1 Å². The van der Waals surface area contributed by atoms with Crippen molar-refractivity contribution in [3.8, 4) is 0 Å². The average Bonchev–Trinajstić information content (AvgIpc) is 2.92. The van der Waals surface area contributed by atoms with Crippen LogP contribution in [-0.4, -0.2) is 48.0 Å². The monoisotopic (exact) mass is 276 g/mol. The molecule has 1 aliphatic carbocycles. The van der Waals surface area contributed by atoms with Gasteiger partial charge in [-0.1, -0.05) is 6.07 Å². The molecular weight excluding hydrogens is 252 g/mol. The Morgan fingerprint density at radius 1 is 1.60 bits per heavy atom. The summed E-state index contributed by atoms with van der Waals surface area (Å²) in [7, 11) is 3.93. The van der Waals surface area contributed by atoms with Crippen LogP contribution in [0.2, 0.25) is 0 Å². The van der Waals surface area contributed by atoms with Gasteiger partial charge in [0.25, 0.3) is 0 Å². The topological polar surface area (TPSA) is 71.2 Å². The van der Waals surface area contributed by atoms with Crippen molar-refractivity contribution < 1.29 is 4.79 Å². The van der Waals surface area contributed by atoms with Crippen LogP contribution in [0, 0.1) is 0 Å². The minimum absolute atomic E-state index is 0.236. The number of hydrogen-bond acceptors (Lipinski definition) is 4. The number of nitrogens with one attached hydrogen (secondary N) is 1. The van der Waals surface area contributed by atoms with Gasteiger partial charge in [0, 0.05) is 30.9 Å². The Labute approximate surface area is 120 Å². The van der Waals surface area contributed by atoms with E-state index in [1.54, 1.807) is 0 Å². The minimum atomic E-state index is -0.524. The fourth-order valence-corrected chi connectivity index (χ4v) is 2.99. The number of aromatic nitrogens is 1. The van der Waals surface area contributed by atoms with E-state index in [2.05, 4.69) is 22.2 Å². The van der Waals surface area contributed by atoms with E-state index in [-0.39, 0.29) is 5.91 Å². The molecule has 110 valence electrons. The molecule has 2 atom stereocenters. The zero-order valence-corrected chi connectivity index (χ0v) is 12.3. The number of nitrogens with zero attached hydrogens (tertiary/aromatic N) is 2. The predicted octanol–water partition coefficient (Wildman–Crippen LogP) is 0.552. The van der Waals surface area contributed by atoms with Gasteiger partial charge in [0.15, 0.2) is 0 Å². The van der Waals surface area contributed by atoms with Crippen LogP contribution >= 0.6 is 0 Å². The maximum absolute atomic E-state index is 11.6. The predicted molar refractivity (Wildman–Crippen MR) is 79.2 cm³/mol. The fraction of sp³-hybridized carbons (Fsp3) is 0.600. The van der Waals surface area contributed by atoms with Crippen LogP contribution in [0.4, 0.5) is 0 Å². The molecule has 1 saturated carbocycles. The van der Waals surface area contributed by atoms with Gasteiger partial charge < -0.3 is 16.0 Å². The first-order valence-electron chi connectivity index (χ1n) is 7.16. The highest BCUT2D eigenvalue weighted by atomic mass is 16.1. The van der Waals surface area contributed by atoms with Gasteiger partial charge in [-0.3, -0.25) is 9.78 Å². The molecule has 5 heteroatoms. The van der Waals surface area contributed by atoms with E-state index in [1.165, 1.54) is 0 Å². The number of pyridine rings is 1. The van der Waals surface area contributed by atoms with Crippen LogP contribution in [-0.2, 0) is 11.2 Å². The van der Waals surface area contributed by atoms with Crippen LogP contribution in [0.5, 0.6) is 0 Å². The zero-order valence-electron chi connectivity index (χ0n) is 12.3. The summed E-state index contributed by atoms with van der Waals surface area (Å²) in [5.41, 5.74) is 6.12. The summed E-state index contributed by atoms with van der Waals surface area (Å²) in [5, 5.41) is 3.12. The van der Waals surface area contributed by atoms with Crippen molar-refractivity contribution in [3.63, 3.8) is 0 Å². The quantitative estimate of drug-likeness (QED) is 0.796. The molecule has 3 N–H and O–H groups in total. The van der Waals surface area contributed by atoms with Gasteiger partial charge in [-0.15, -0.1) is 0 Å². The van der Waals surface area contributed by atoms with E-state index in [9.17, 15) is 4.79 Å². The minimum Gasteiger partial charge on any atom is -0.368 e. The van der Waals surface area contributed by atoms with Crippen molar-refractivity contribution in [1.82, 2.24) is 15.2 Å². The lowest BCUT2D eigenvalue weighted by atomic mass is 9.96. The Hall–Kier alpha value is -1.46. The number of carbonyl (C=O) groups is 1. The third-order valence-electron chi connectivity index (χ3n) is 4.51. The maximum atomic E-state index is 11.6. The van der Waals surface area contributed by atoms with Gasteiger partial charge in [0.05, 0.1) is 5.54 Å². The number of likely N-dealkylation sites (N-methyl/N-ethyl adjacent to an activating group) is 2. The summed E-state index contributed by atoms with van der Waals surface area (Å²) in [6, 6.07) is 6.39. The van der Waals surface area contributed by atoms with Gasteiger partial charge in [-0.25, -0.2) is 0 Å². The Kier molecular flexibility index (Phi) is 4.73. The maximum Gasteiger partial charge on any atom is 0.237 e. The lowest BCUT2D eigenvalue weighted by Crippen LogP contribution is -2.53. The van der Waals surface area contributed by atoms with Crippen LogP contribution in [0.15, 0.2) is 24.4 Å². The van der Waals surface area contributed by atoms with Gasteiger partial charge in [0.2, 0.25) is 5.91 Å². The molecule has 0 aromatic carbocycles. The molecule has 1 aliphatic rings. The summed E-state index contributed by atoms with van der Waals surface area (Å²) in [6.07, 6.45) is 5.36. The first kappa shape index (κ1) is 14.9. The van der Waals surface area contributed by atoms with E-state index >= 15 is 0 Å². The number of rotatable bonds is 6. The Morgan fingerprint density at radius 2 is 2.40 bits per heavy atom. The zero-order chi connectivity index (χ0) is 14.6. The molecule has 2 unspecified atom stereocenters. The van der Waals surface area contributed by atoms with Crippen LogP contribution < -0.4 is 11.1 Å². The summed E-state index contributed by atoms with van der Waals surface area (Å²) in [5.74, 6) is -0.236. The molecule has 2 rings (SSSR count). The molecule has 0 radical (unpaired) electrons. The van der Waals surface area contributed by atoms with E-state index < -0.39 is 5.54 Å². The Balaban J connectivity index is 1.88. The second kappa shape index (κ2) is 6.33. The average molecular weight is 276 g/mol. The molecule has 5 nitrogen and oxygen atoms in total. The summed E-state index contributed by atoms with van der Waals surface area (Å²) < 4.78 is 0. The van der Waals surface area contributed by atoms with E-state index in [0.29, 0.717) is 6.04 Å². The van der Waals surface area contributed by atoms with E-state index in [0.717, 1.165) is 37.9 Å². The Bertz CT molecular complexity index is 450. The number of nitrogens with two attached hydrogens (primary N) is 1. The first-order chi connectivity index (χ1) is 9.57. The summed E-state index contributed by atoms with van der Waals surface area (Å²) in [6.45, 7) is 0.945. The Morgan fingerprint density at radius 3 is 2.95 bits per heavy atom. The molecule has 1 heterocycles. The summed E-state index contributed by atoms with van der Waals surface area (Å²) in [4.78, 5) is 18.3. The van der Waals surface area contributed by atoms with Gasteiger partial charge >= 0.3 is 0 Å². The smallest absolute Gasteiger partial charge is 0.237 e. The molecule has 1 aromatic heterocycles. The highest BCUT2D eigenvalue weighted by Gasteiger charge is 2.43. The molecule has 1 aromatic rings. The van der Waals surface area contributed by atoms with Gasteiger partial charge in [0.1, 0.15) is 0 Å². The molecule has 0 bridgehead atoms. The lowest BCUT2D eigenvalue weighted by Gasteiger charge is -2.28. The van der Waals surface area contributed by atoms with E-state index in [4.69, 9.17) is 5.73 Å². The summed E-state index contributed by atoms with van der Waals surface area (Å²) >= 11 is 0. The number of hydrogen-bond donors (Lipinski definition) is 2. The second-order valence-electron chi connectivity index (χ2n) is 5.64. The first-order valence-corrected chi connectivity index (χ1v) is 7.16. The molecule has 20 heavy (non-hydrogen) atoms. The van der Waals surface area contributed by atoms with Crippen LogP contribution in [0.25, 0.3) is 0 Å². The number of carbonyl (C=O) groups excluding carboxylic acids is 1. The van der Waals surface area contributed by atoms with Gasteiger partial charge in [-0.2, -0.15) is 0 Å². The van der Waals surface area contributed by atoms with Crippen LogP contribution in [0.1, 0.15) is 25.0 Å². The van der Waals surface area contributed by atoms with Crippen molar-refractivity contribution in [2.45, 2.75) is 37.3 Å². The lowest BCUT2D eigenvalue weighted by molar-refractivity contribution is -0.124. The fourth-order valence-electron chi connectivity index (χ4n) is 2.99. The molecule has 0 saturated heterocycles. The molecule has 1 fully saturated rings. The van der Waals surface area contributed by atoms with Gasteiger partial charge in [-0.05, 0) is 45.5 Å². The van der Waals surface area contributed by atoms with Crippen molar-refractivity contribution in [1.29, 1.82) is 0 Å². The molecule has 0 spiro atoms. The highest BCUT2D eigenvalue weighted by Crippen LogP contribution is 2.32. The third-order valence-corrected chi connectivity index (χ3v) is 4.51. The molecular formula is C15H24N4O. The van der Waals surface area contributed by atoms with Crippen molar-refractivity contribution in [2.75, 3.05) is 20.6 Å². The third kappa shape index (κ3) is 3.16. The second-order valence-corrected chi connectivity index (χ2v) is 5.64. The van der Waals surface area contributed by atoms with E-state index in [1.807, 2.05) is 31.4 Å². The number of primary amides is 1. The molecule has 1 amide bonds. The van der Waals surface area contributed by atoms with Crippen molar-refractivity contribution in [2.24, 2.45) is 5.73 Å². The SMILES string of the molecule is CNC1(C(N)=O)CCC(N(C)CCc2ccccn2)C1. The van der Waals surface area contributed by atoms with Crippen LogP contribution in [0.3, 0.4) is 0 Å². The standard InChI is InChI=1S/C15H24N4O/c1-17-15(14(16)20)8-6-13(11-15)19(2)10-7-12-5-3-4-9-18-12/h3-5,9,13,17H,6-8,10-11H2,1-2H3,(H2,16,20). The molecule has 0 aliphatic heterocycles. The highest BCUT2D eigenvalue weighted by molar-refractivity contribution is 5.85. The van der Waals surface area contributed by atoms with Crippen molar-refractivity contribution >= 4 is 5.91 Å².